The zero-order valence-corrected chi connectivity index (χ0v) is 9.56. The third kappa shape index (κ3) is 1.44. The molecule has 14 heavy (non-hydrogen) atoms. The van der Waals surface area contributed by atoms with Crippen molar-refractivity contribution in [2.75, 3.05) is 0 Å². The third-order valence-corrected chi connectivity index (χ3v) is 3.67. The van der Waals surface area contributed by atoms with Gasteiger partial charge in [-0.15, -0.1) is 0 Å². The first-order valence-corrected chi connectivity index (χ1v) is 5.95. The first-order chi connectivity index (χ1) is 6.76. The van der Waals surface area contributed by atoms with Gasteiger partial charge in [-0.25, -0.2) is 0 Å². The number of hydrogen-bond donors (Lipinski definition) is 1. The van der Waals surface area contributed by atoms with E-state index in [-0.39, 0.29) is 5.06 Å². The van der Waals surface area contributed by atoms with E-state index in [1.54, 1.807) is 12.1 Å². The topological polar surface area (TPSA) is 37.3 Å². The number of alkyl halides is 1. The highest BCUT2D eigenvalue weighted by molar-refractivity contribution is 9.08. The summed E-state index contributed by atoms with van der Waals surface area (Å²) in [5, 5.41) is 11.2. The van der Waals surface area contributed by atoms with Crippen molar-refractivity contribution < 1.29 is 9.90 Å². The van der Waals surface area contributed by atoms with Gasteiger partial charge in [-0.1, -0.05) is 39.4 Å². The van der Waals surface area contributed by atoms with E-state index in [0.717, 1.165) is 27.3 Å². The maximum atomic E-state index is 10.7. The molecular formula is C10H7BrO2S. The van der Waals surface area contributed by atoms with Crippen LogP contribution in [0.1, 0.15) is 15.9 Å². The van der Waals surface area contributed by atoms with Crippen LogP contribution in [-0.4, -0.2) is 11.4 Å². The van der Waals surface area contributed by atoms with Crippen LogP contribution in [0.5, 0.6) is 5.06 Å². The maximum Gasteiger partial charge on any atom is 0.172 e. The number of hydrogen-bond acceptors (Lipinski definition) is 3. The SMILES string of the molecule is O=Cc1ccc(CBr)c2sc(O)cc12. The molecule has 0 radical (unpaired) electrons. The van der Waals surface area contributed by atoms with E-state index >= 15 is 0 Å². The number of halogens is 1. The summed E-state index contributed by atoms with van der Waals surface area (Å²) in [6, 6.07) is 5.31. The van der Waals surface area contributed by atoms with Crippen LogP contribution in [0.25, 0.3) is 10.1 Å². The van der Waals surface area contributed by atoms with Crippen LogP contribution >= 0.6 is 27.3 Å². The molecule has 0 amide bonds. The number of carbonyl (C=O) groups excluding carboxylic acids is 1. The average molecular weight is 271 g/mol. The summed E-state index contributed by atoms with van der Waals surface area (Å²) in [6.45, 7) is 0. The molecule has 1 aromatic carbocycles. The van der Waals surface area contributed by atoms with Gasteiger partial charge in [0.2, 0.25) is 0 Å². The predicted octanol–water partition coefficient (Wildman–Crippen LogP) is 3.31. The first-order valence-electron chi connectivity index (χ1n) is 4.02. The lowest BCUT2D eigenvalue weighted by atomic mass is 10.1. The molecule has 0 spiro atoms. The molecule has 0 aliphatic carbocycles. The number of rotatable bonds is 2. The van der Waals surface area contributed by atoms with Gasteiger partial charge < -0.3 is 5.11 Å². The zero-order chi connectivity index (χ0) is 10.1. The van der Waals surface area contributed by atoms with Crippen LogP contribution in [0.4, 0.5) is 0 Å². The molecule has 0 unspecified atom stereocenters. The summed E-state index contributed by atoms with van der Waals surface area (Å²) >= 11 is 4.67. The molecular weight excluding hydrogens is 264 g/mol. The van der Waals surface area contributed by atoms with Crippen molar-refractivity contribution in [2.45, 2.75) is 5.33 Å². The number of carbonyl (C=O) groups is 1. The van der Waals surface area contributed by atoms with Gasteiger partial charge in [0, 0.05) is 27.0 Å². The molecule has 0 saturated heterocycles. The fourth-order valence-electron chi connectivity index (χ4n) is 1.39. The third-order valence-electron chi connectivity index (χ3n) is 2.06. The quantitative estimate of drug-likeness (QED) is 0.672. The van der Waals surface area contributed by atoms with Gasteiger partial charge in [-0.2, -0.15) is 0 Å². The number of aromatic hydroxyl groups is 1. The first kappa shape index (κ1) is 9.68. The van der Waals surface area contributed by atoms with Gasteiger partial charge in [-0.3, -0.25) is 4.79 Å². The Morgan fingerprint density at radius 1 is 1.50 bits per heavy atom. The van der Waals surface area contributed by atoms with Crippen LogP contribution in [0, 0.1) is 0 Å². The van der Waals surface area contributed by atoms with E-state index in [4.69, 9.17) is 0 Å². The molecule has 2 rings (SSSR count). The van der Waals surface area contributed by atoms with Gasteiger partial charge in [0.1, 0.15) is 0 Å². The largest absolute Gasteiger partial charge is 0.499 e. The Morgan fingerprint density at radius 3 is 2.93 bits per heavy atom. The van der Waals surface area contributed by atoms with Crippen molar-refractivity contribution in [2.24, 2.45) is 0 Å². The van der Waals surface area contributed by atoms with Crippen LogP contribution in [0.15, 0.2) is 18.2 Å². The van der Waals surface area contributed by atoms with E-state index in [0.29, 0.717) is 5.56 Å². The average Bonchev–Trinajstić information content (AvgIpc) is 2.57. The van der Waals surface area contributed by atoms with Crippen molar-refractivity contribution in [1.29, 1.82) is 0 Å². The molecule has 2 nitrogen and oxygen atoms in total. The van der Waals surface area contributed by atoms with Crippen molar-refractivity contribution in [1.82, 2.24) is 0 Å². The second kappa shape index (κ2) is 3.71. The smallest absolute Gasteiger partial charge is 0.172 e. The predicted molar refractivity (Wildman–Crippen MR) is 61.5 cm³/mol. The Bertz CT molecular complexity index is 490. The van der Waals surface area contributed by atoms with Gasteiger partial charge in [0.15, 0.2) is 11.3 Å². The van der Waals surface area contributed by atoms with Gasteiger partial charge >= 0.3 is 0 Å². The van der Waals surface area contributed by atoms with E-state index in [2.05, 4.69) is 15.9 Å². The number of fused-ring (bicyclic) bond motifs is 1. The van der Waals surface area contributed by atoms with Crippen LogP contribution in [-0.2, 0) is 5.33 Å². The summed E-state index contributed by atoms with van der Waals surface area (Å²) in [5.74, 6) is 0. The molecule has 0 fully saturated rings. The molecule has 72 valence electrons. The van der Waals surface area contributed by atoms with E-state index in [1.807, 2.05) is 6.07 Å². The Kier molecular flexibility index (Phi) is 2.56. The lowest BCUT2D eigenvalue weighted by Gasteiger charge is -1.99. The zero-order valence-electron chi connectivity index (χ0n) is 7.16. The highest BCUT2D eigenvalue weighted by Gasteiger charge is 2.08. The monoisotopic (exact) mass is 270 g/mol. The Labute approximate surface area is 93.3 Å². The Hall–Kier alpha value is -0.870. The molecule has 0 aliphatic rings. The fraction of sp³-hybridized carbons (Fsp3) is 0.100. The number of benzene rings is 1. The minimum Gasteiger partial charge on any atom is -0.499 e. The van der Waals surface area contributed by atoms with E-state index in [9.17, 15) is 9.90 Å². The maximum absolute atomic E-state index is 10.7. The van der Waals surface area contributed by atoms with Crippen LogP contribution < -0.4 is 0 Å². The van der Waals surface area contributed by atoms with Crippen LogP contribution in [0.3, 0.4) is 0 Å². The molecule has 0 saturated carbocycles. The Balaban J connectivity index is 2.83. The minimum atomic E-state index is 0.247. The molecule has 1 aromatic heterocycles. The summed E-state index contributed by atoms with van der Waals surface area (Å²) in [7, 11) is 0. The lowest BCUT2D eigenvalue weighted by molar-refractivity contribution is 0.112. The van der Waals surface area contributed by atoms with Crippen molar-refractivity contribution >= 4 is 43.6 Å². The van der Waals surface area contributed by atoms with Crippen molar-refractivity contribution in [3.05, 3.63) is 29.3 Å². The van der Waals surface area contributed by atoms with Crippen molar-refractivity contribution in [3.63, 3.8) is 0 Å². The molecule has 1 N–H and O–H groups in total. The normalized spacial score (nSPS) is 10.6. The van der Waals surface area contributed by atoms with Gasteiger partial charge in [0.25, 0.3) is 0 Å². The highest BCUT2D eigenvalue weighted by Crippen LogP contribution is 2.35. The van der Waals surface area contributed by atoms with Gasteiger partial charge in [-0.05, 0) is 5.56 Å². The van der Waals surface area contributed by atoms with E-state index < -0.39 is 0 Å². The fourth-order valence-corrected chi connectivity index (χ4v) is 2.99. The summed E-state index contributed by atoms with van der Waals surface area (Å²) in [6.07, 6.45) is 0.812. The summed E-state index contributed by atoms with van der Waals surface area (Å²) in [4.78, 5) is 10.7. The summed E-state index contributed by atoms with van der Waals surface area (Å²) < 4.78 is 0.976. The molecule has 0 atom stereocenters. The number of thiophene rings is 1. The van der Waals surface area contributed by atoms with Gasteiger partial charge in [0.05, 0.1) is 0 Å². The lowest BCUT2D eigenvalue weighted by Crippen LogP contribution is -1.83. The minimum absolute atomic E-state index is 0.247. The molecule has 4 heteroatoms. The van der Waals surface area contributed by atoms with Crippen LogP contribution in [0.2, 0.25) is 0 Å². The second-order valence-corrected chi connectivity index (χ2v) is 4.48. The standard InChI is InChI=1S/C10H7BrO2S/c11-4-6-1-2-7(5-12)8-3-9(13)14-10(6)8/h1-3,5,13H,4H2. The Morgan fingerprint density at radius 2 is 2.29 bits per heavy atom. The number of aldehydes is 1. The second-order valence-electron chi connectivity index (χ2n) is 2.89. The van der Waals surface area contributed by atoms with E-state index in [1.165, 1.54) is 11.3 Å². The van der Waals surface area contributed by atoms with Crippen molar-refractivity contribution in [3.8, 4) is 5.06 Å². The highest BCUT2D eigenvalue weighted by atomic mass is 79.9. The molecule has 0 bridgehead atoms. The molecule has 1 heterocycles. The molecule has 2 aromatic rings. The summed E-state index contributed by atoms with van der Waals surface area (Å²) in [5.41, 5.74) is 1.72. The molecule has 0 aliphatic heterocycles.